The van der Waals surface area contributed by atoms with Gasteiger partial charge in [0.25, 0.3) is 0 Å². The molecule has 3 aromatic rings. The van der Waals surface area contributed by atoms with E-state index in [4.69, 9.17) is 4.74 Å². The van der Waals surface area contributed by atoms with E-state index in [2.05, 4.69) is 15.0 Å². The number of pyridine rings is 1. The molecule has 5 nitrogen and oxygen atoms in total. The van der Waals surface area contributed by atoms with Crippen molar-refractivity contribution in [1.82, 2.24) is 15.0 Å². The fourth-order valence-corrected chi connectivity index (χ4v) is 1.98. The second kappa shape index (κ2) is 4.73. The summed E-state index contributed by atoms with van der Waals surface area (Å²) in [5.74, 6) is -0.467. The lowest BCUT2D eigenvalue weighted by Crippen LogP contribution is -2.01. The Balaban J connectivity index is 2.18. The minimum atomic E-state index is -0.467. The number of carbonyl (C=O) groups excluding carboxylic acids is 1. The lowest BCUT2D eigenvalue weighted by Gasteiger charge is -1.98. The second-order valence-corrected chi connectivity index (χ2v) is 4.17. The first kappa shape index (κ1) is 12.3. The van der Waals surface area contributed by atoms with Gasteiger partial charge in [-0.05, 0) is 18.2 Å². The number of halogens is 1. The van der Waals surface area contributed by atoms with Gasteiger partial charge in [0.05, 0.1) is 24.4 Å². The molecule has 0 saturated carbocycles. The highest BCUT2D eigenvalue weighted by Crippen LogP contribution is 2.23. The number of benzene rings is 1. The van der Waals surface area contributed by atoms with Crippen molar-refractivity contribution in [3.05, 3.63) is 48.0 Å². The predicted molar refractivity (Wildman–Crippen MR) is 70.6 cm³/mol. The Hall–Kier alpha value is -2.76. The van der Waals surface area contributed by atoms with E-state index in [9.17, 15) is 9.18 Å². The van der Waals surface area contributed by atoms with Crippen LogP contribution in [0, 0.1) is 5.82 Å². The molecule has 0 aliphatic heterocycles. The van der Waals surface area contributed by atoms with Gasteiger partial charge in [-0.2, -0.15) is 0 Å². The van der Waals surface area contributed by atoms with Gasteiger partial charge in [0, 0.05) is 11.8 Å². The van der Waals surface area contributed by atoms with Crippen LogP contribution in [0.1, 0.15) is 10.4 Å². The normalized spacial score (nSPS) is 10.7. The third-order valence-electron chi connectivity index (χ3n) is 2.90. The van der Waals surface area contributed by atoms with Gasteiger partial charge in [-0.25, -0.2) is 14.2 Å². The maximum Gasteiger partial charge on any atom is 0.340 e. The summed E-state index contributed by atoms with van der Waals surface area (Å²) in [5, 5.41) is 0. The first-order valence-electron chi connectivity index (χ1n) is 5.87. The van der Waals surface area contributed by atoms with Gasteiger partial charge in [-0.15, -0.1) is 0 Å². The maximum absolute atomic E-state index is 13.2. The maximum atomic E-state index is 13.2. The van der Waals surface area contributed by atoms with Crippen LogP contribution < -0.4 is 0 Å². The number of nitrogens with zero attached hydrogens (tertiary/aromatic N) is 2. The number of rotatable bonds is 2. The Morgan fingerprint density at radius 2 is 2.20 bits per heavy atom. The summed E-state index contributed by atoms with van der Waals surface area (Å²) in [6, 6.07) is 6.45. The Morgan fingerprint density at radius 1 is 1.35 bits per heavy atom. The number of nitrogens with one attached hydrogen (secondary N) is 1. The van der Waals surface area contributed by atoms with Crippen LogP contribution in [0.25, 0.3) is 22.4 Å². The highest BCUT2D eigenvalue weighted by atomic mass is 19.1. The third kappa shape index (κ3) is 2.01. The number of ether oxygens (including phenoxy) is 1. The molecule has 0 aliphatic rings. The van der Waals surface area contributed by atoms with Gasteiger partial charge in [-0.1, -0.05) is 6.07 Å². The van der Waals surface area contributed by atoms with Gasteiger partial charge >= 0.3 is 5.97 Å². The molecule has 0 atom stereocenters. The smallest absolute Gasteiger partial charge is 0.340 e. The summed E-state index contributed by atoms with van der Waals surface area (Å²) in [6.07, 6.45) is 2.62. The summed E-state index contributed by atoms with van der Waals surface area (Å²) in [5.41, 5.74) is 2.03. The molecule has 0 amide bonds. The van der Waals surface area contributed by atoms with Crippen LogP contribution in [0.15, 0.2) is 36.7 Å². The lowest BCUT2D eigenvalue weighted by molar-refractivity contribution is 0.0603. The summed E-state index contributed by atoms with van der Waals surface area (Å²) in [6.45, 7) is 0. The Labute approximate surface area is 113 Å². The minimum absolute atomic E-state index is 0.358. The van der Waals surface area contributed by atoms with E-state index in [0.29, 0.717) is 28.0 Å². The van der Waals surface area contributed by atoms with E-state index in [-0.39, 0.29) is 0 Å². The Bertz CT molecular complexity index is 798. The van der Waals surface area contributed by atoms with E-state index in [1.54, 1.807) is 18.2 Å². The third-order valence-corrected chi connectivity index (χ3v) is 2.90. The van der Waals surface area contributed by atoms with Gasteiger partial charge < -0.3 is 9.72 Å². The first-order chi connectivity index (χ1) is 9.69. The lowest BCUT2D eigenvalue weighted by atomic mass is 10.2. The Kier molecular flexibility index (Phi) is 2.90. The topological polar surface area (TPSA) is 67.9 Å². The number of para-hydroxylation sites is 1. The monoisotopic (exact) mass is 271 g/mol. The number of aromatic nitrogens is 3. The van der Waals surface area contributed by atoms with Crippen LogP contribution in [-0.2, 0) is 4.74 Å². The summed E-state index contributed by atoms with van der Waals surface area (Å²) in [4.78, 5) is 22.8. The number of imidazole rings is 1. The van der Waals surface area contributed by atoms with E-state index >= 15 is 0 Å². The molecular weight excluding hydrogens is 261 g/mol. The molecule has 6 heteroatoms. The van der Waals surface area contributed by atoms with Crippen LogP contribution in [0.3, 0.4) is 0 Å². The van der Waals surface area contributed by atoms with Gasteiger partial charge in [0.15, 0.2) is 0 Å². The molecular formula is C14H10FN3O2. The Morgan fingerprint density at radius 3 is 2.95 bits per heavy atom. The van der Waals surface area contributed by atoms with Crippen LogP contribution in [0.2, 0.25) is 0 Å². The minimum Gasteiger partial charge on any atom is -0.465 e. The van der Waals surface area contributed by atoms with Gasteiger partial charge in [0.1, 0.15) is 17.2 Å². The number of fused-ring (bicyclic) bond motifs is 1. The summed E-state index contributed by atoms with van der Waals surface area (Å²) >= 11 is 0. The molecule has 2 heterocycles. The molecule has 100 valence electrons. The molecule has 3 rings (SSSR count). The largest absolute Gasteiger partial charge is 0.465 e. The molecule has 0 aliphatic carbocycles. The quantitative estimate of drug-likeness (QED) is 0.727. The summed E-state index contributed by atoms with van der Waals surface area (Å²) < 4.78 is 17.9. The number of hydrogen-bond acceptors (Lipinski definition) is 4. The summed E-state index contributed by atoms with van der Waals surface area (Å²) in [7, 11) is 1.31. The fourth-order valence-electron chi connectivity index (χ4n) is 1.98. The molecule has 0 saturated heterocycles. The van der Waals surface area contributed by atoms with E-state index in [1.807, 2.05) is 0 Å². The van der Waals surface area contributed by atoms with E-state index in [0.717, 1.165) is 6.20 Å². The van der Waals surface area contributed by atoms with Crippen molar-refractivity contribution >= 4 is 17.0 Å². The molecule has 20 heavy (non-hydrogen) atoms. The number of carbonyl (C=O) groups is 1. The average molecular weight is 271 g/mol. The van der Waals surface area contributed by atoms with Crippen molar-refractivity contribution < 1.29 is 13.9 Å². The SMILES string of the molecule is COC(=O)c1cccc2[nH]c(-c3cncc(F)c3)nc12. The highest BCUT2D eigenvalue weighted by Gasteiger charge is 2.14. The fraction of sp³-hybridized carbons (Fsp3) is 0.0714. The van der Waals surface area contributed by atoms with Gasteiger partial charge in [0.2, 0.25) is 0 Å². The number of methoxy groups -OCH3 is 1. The number of aromatic amines is 1. The standard InChI is InChI=1S/C14H10FN3O2/c1-20-14(19)10-3-2-4-11-12(10)18-13(17-11)8-5-9(15)7-16-6-8/h2-7H,1H3,(H,17,18). The van der Waals surface area contributed by atoms with Crippen LogP contribution in [0.5, 0.6) is 0 Å². The highest BCUT2D eigenvalue weighted by molar-refractivity contribution is 6.02. The molecule has 1 N–H and O–H groups in total. The van der Waals surface area contributed by atoms with Crippen LogP contribution in [0.4, 0.5) is 4.39 Å². The zero-order valence-electron chi connectivity index (χ0n) is 10.6. The molecule has 0 unspecified atom stereocenters. The van der Waals surface area contributed by atoms with Crippen molar-refractivity contribution in [2.75, 3.05) is 7.11 Å². The number of H-pyrrole nitrogens is 1. The van der Waals surface area contributed by atoms with Crippen molar-refractivity contribution in [2.24, 2.45) is 0 Å². The number of hydrogen-bond donors (Lipinski definition) is 1. The van der Waals surface area contributed by atoms with Crippen molar-refractivity contribution in [1.29, 1.82) is 0 Å². The molecule has 1 aromatic carbocycles. The van der Waals surface area contributed by atoms with Crippen molar-refractivity contribution in [2.45, 2.75) is 0 Å². The number of esters is 1. The molecule has 2 aromatic heterocycles. The van der Waals surface area contributed by atoms with E-state index in [1.165, 1.54) is 19.4 Å². The van der Waals surface area contributed by atoms with E-state index < -0.39 is 11.8 Å². The molecule has 0 radical (unpaired) electrons. The molecule has 0 spiro atoms. The predicted octanol–water partition coefficient (Wildman–Crippen LogP) is 2.55. The van der Waals surface area contributed by atoms with Crippen molar-refractivity contribution in [3.8, 4) is 11.4 Å². The molecule has 0 bridgehead atoms. The zero-order valence-corrected chi connectivity index (χ0v) is 10.6. The average Bonchev–Trinajstić information content (AvgIpc) is 2.90. The first-order valence-corrected chi connectivity index (χ1v) is 5.87. The van der Waals surface area contributed by atoms with Crippen molar-refractivity contribution in [3.63, 3.8) is 0 Å². The second-order valence-electron chi connectivity index (χ2n) is 4.17. The molecule has 0 fully saturated rings. The van der Waals surface area contributed by atoms with Crippen LogP contribution >= 0.6 is 0 Å². The zero-order chi connectivity index (χ0) is 14.1. The van der Waals surface area contributed by atoms with Crippen LogP contribution in [-0.4, -0.2) is 28.0 Å². The van der Waals surface area contributed by atoms with Gasteiger partial charge in [-0.3, -0.25) is 4.98 Å².